The lowest BCUT2D eigenvalue weighted by Crippen LogP contribution is -2.16. The van der Waals surface area contributed by atoms with E-state index < -0.39 is 0 Å². The molecular formula is C18H21N5O. The van der Waals surface area contributed by atoms with Gasteiger partial charge in [-0.15, -0.1) is 0 Å². The normalized spacial score (nSPS) is 10.8. The number of hydrogen-bond acceptors (Lipinski definition) is 3. The number of hydrogen-bond donors (Lipinski definition) is 2. The lowest BCUT2D eigenvalue weighted by Gasteiger charge is -2.08. The zero-order valence-corrected chi connectivity index (χ0v) is 13.9. The Balaban J connectivity index is 1.75. The van der Waals surface area contributed by atoms with Gasteiger partial charge in [-0.05, 0) is 25.0 Å². The highest BCUT2D eigenvalue weighted by atomic mass is 16.2. The van der Waals surface area contributed by atoms with Gasteiger partial charge in [0.15, 0.2) is 5.69 Å². The highest BCUT2D eigenvalue weighted by molar-refractivity contribution is 6.02. The fraction of sp³-hybridized carbons (Fsp3) is 0.278. The van der Waals surface area contributed by atoms with Crippen molar-refractivity contribution in [2.24, 2.45) is 0 Å². The largest absolute Gasteiger partial charge is 0.305 e. The highest BCUT2D eigenvalue weighted by Gasteiger charge is 2.14. The molecule has 0 atom stereocenters. The fourth-order valence-corrected chi connectivity index (χ4v) is 2.58. The number of nitrogens with one attached hydrogen (secondary N) is 2. The number of anilines is 1. The van der Waals surface area contributed by atoms with Crippen molar-refractivity contribution < 1.29 is 4.79 Å². The smallest absolute Gasteiger partial charge is 0.277 e. The Kier molecular flexibility index (Phi) is 4.74. The molecule has 0 aliphatic heterocycles. The molecule has 1 aromatic carbocycles. The lowest BCUT2D eigenvalue weighted by molar-refractivity contribution is 0.102. The van der Waals surface area contributed by atoms with Crippen LogP contribution >= 0.6 is 0 Å². The molecule has 0 fully saturated rings. The van der Waals surface area contributed by atoms with E-state index in [1.165, 1.54) is 0 Å². The van der Waals surface area contributed by atoms with E-state index >= 15 is 0 Å². The molecule has 0 saturated heterocycles. The zero-order chi connectivity index (χ0) is 16.9. The van der Waals surface area contributed by atoms with E-state index in [9.17, 15) is 4.79 Å². The summed E-state index contributed by atoms with van der Waals surface area (Å²) in [6.07, 6.45) is 1.89. The molecule has 0 spiro atoms. The van der Waals surface area contributed by atoms with E-state index in [2.05, 4.69) is 27.5 Å². The summed E-state index contributed by atoms with van der Waals surface area (Å²) in [5.74, 6) is 0.434. The summed E-state index contributed by atoms with van der Waals surface area (Å²) in [4.78, 5) is 12.4. The SMILES string of the molecule is CCCc1cc(C(=O)Nc2cc(C)nn2Cc2ccccc2)n[nH]1. The molecule has 0 aliphatic carbocycles. The van der Waals surface area contributed by atoms with Gasteiger partial charge in [-0.25, -0.2) is 4.68 Å². The molecule has 3 rings (SSSR count). The number of H-pyrrole nitrogens is 1. The highest BCUT2D eigenvalue weighted by Crippen LogP contribution is 2.14. The van der Waals surface area contributed by atoms with Crippen LogP contribution < -0.4 is 5.32 Å². The Bertz CT molecular complexity index is 819. The summed E-state index contributed by atoms with van der Waals surface area (Å²) >= 11 is 0. The van der Waals surface area contributed by atoms with Crippen LogP contribution in [0.25, 0.3) is 0 Å². The Morgan fingerprint density at radius 3 is 2.79 bits per heavy atom. The molecule has 0 unspecified atom stereocenters. The number of rotatable bonds is 6. The van der Waals surface area contributed by atoms with Gasteiger partial charge in [0, 0.05) is 11.8 Å². The quantitative estimate of drug-likeness (QED) is 0.731. The molecule has 124 valence electrons. The predicted molar refractivity (Wildman–Crippen MR) is 93.0 cm³/mol. The van der Waals surface area contributed by atoms with Crippen molar-refractivity contribution in [3.63, 3.8) is 0 Å². The maximum atomic E-state index is 12.4. The first-order chi connectivity index (χ1) is 11.7. The van der Waals surface area contributed by atoms with Crippen molar-refractivity contribution in [3.8, 4) is 0 Å². The van der Waals surface area contributed by atoms with E-state index in [1.807, 2.05) is 43.3 Å². The number of carbonyl (C=O) groups excluding carboxylic acids is 1. The summed E-state index contributed by atoms with van der Waals surface area (Å²) < 4.78 is 1.79. The first-order valence-electron chi connectivity index (χ1n) is 8.09. The fourth-order valence-electron chi connectivity index (χ4n) is 2.58. The van der Waals surface area contributed by atoms with Crippen LogP contribution in [0, 0.1) is 6.92 Å². The van der Waals surface area contributed by atoms with Gasteiger partial charge < -0.3 is 5.32 Å². The lowest BCUT2D eigenvalue weighted by atomic mass is 10.2. The third kappa shape index (κ3) is 3.71. The first kappa shape index (κ1) is 16.0. The Morgan fingerprint density at radius 2 is 2.04 bits per heavy atom. The molecule has 24 heavy (non-hydrogen) atoms. The van der Waals surface area contributed by atoms with Crippen molar-refractivity contribution in [3.05, 3.63) is 65.1 Å². The van der Waals surface area contributed by atoms with Crippen LogP contribution in [0.2, 0.25) is 0 Å². The number of carbonyl (C=O) groups is 1. The van der Waals surface area contributed by atoms with E-state index in [1.54, 1.807) is 10.7 Å². The minimum Gasteiger partial charge on any atom is -0.305 e. The summed E-state index contributed by atoms with van der Waals surface area (Å²) in [7, 11) is 0. The van der Waals surface area contributed by atoms with Crippen molar-refractivity contribution in [1.82, 2.24) is 20.0 Å². The maximum Gasteiger partial charge on any atom is 0.277 e. The molecule has 3 aromatic rings. The van der Waals surface area contributed by atoms with Crippen LogP contribution in [0.1, 0.15) is 40.8 Å². The van der Waals surface area contributed by atoms with Gasteiger partial charge in [0.05, 0.1) is 12.2 Å². The molecule has 1 amide bonds. The van der Waals surface area contributed by atoms with Crippen LogP contribution in [0.15, 0.2) is 42.5 Å². The summed E-state index contributed by atoms with van der Waals surface area (Å²) in [6.45, 7) is 4.60. The third-order valence-electron chi connectivity index (χ3n) is 3.70. The molecule has 6 nitrogen and oxygen atoms in total. The van der Waals surface area contributed by atoms with Gasteiger partial charge in [-0.3, -0.25) is 9.89 Å². The van der Waals surface area contributed by atoms with Gasteiger partial charge in [0.1, 0.15) is 5.82 Å². The minimum absolute atomic E-state index is 0.234. The second kappa shape index (κ2) is 7.12. The predicted octanol–water partition coefficient (Wildman–Crippen LogP) is 3.17. The number of aromatic amines is 1. The van der Waals surface area contributed by atoms with Crippen molar-refractivity contribution in [1.29, 1.82) is 0 Å². The van der Waals surface area contributed by atoms with Crippen LogP contribution in [0.5, 0.6) is 0 Å². The maximum absolute atomic E-state index is 12.4. The molecule has 6 heteroatoms. The van der Waals surface area contributed by atoms with E-state index in [4.69, 9.17) is 0 Å². The Hall–Kier alpha value is -2.89. The molecule has 0 saturated carbocycles. The van der Waals surface area contributed by atoms with Crippen LogP contribution in [0.4, 0.5) is 5.82 Å². The van der Waals surface area contributed by atoms with Gasteiger partial charge >= 0.3 is 0 Å². The molecule has 2 N–H and O–H groups in total. The average Bonchev–Trinajstić information content (AvgIpc) is 3.16. The van der Waals surface area contributed by atoms with E-state index in [0.29, 0.717) is 18.1 Å². The van der Waals surface area contributed by atoms with E-state index in [-0.39, 0.29) is 5.91 Å². The van der Waals surface area contributed by atoms with Gasteiger partial charge in [-0.1, -0.05) is 43.7 Å². The molecule has 0 bridgehead atoms. The van der Waals surface area contributed by atoms with Crippen LogP contribution in [-0.2, 0) is 13.0 Å². The second-order valence-electron chi connectivity index (χ2n) is 5.80. The standard InChI is InChI=1S/C18H21N5O/c1-3-7-15-11-16(21-20-15)18(24)19-17-10-13(2)22-23(17)12-14-8-5-4-6-9-14/h4-6,8-11H,3,7,12H2,1-2H3,(H,19,24)(H,20,21). The number of amides is 1. The number of nitrogens with zero attached hydrogens (tertiary/aromatic N) is 3. The van der Waals surface area contributed by atoms with Gasteiger partial charge in [-0.2, -0.15) is 10.2 Å². The topological polar surface area (TPSA) is 75.6 Å². The number of benzene rings is 1. The molecular weight excluding hydrogens is 302 g/mol. The number of aryl methyl sites for hydroxylation is 2. The zero-order valence-electron chi connectivity index (χ0n) is 13.9. The molecule has 0 aliphatic rings. The Morgan fingerprint density at radius 1 is 1.25 bits per heavy atom. The average molecular weight is 323 g/mol. The summed E-state index contributed by atoms with van der Waals surface area (Å²) in [5, 5.41) is 14.3. The molecule has 0 radical (unpaired) electrons. The van der Waals surface area contributed by atoms with Crippen LogP contribution in [-0.4, -0.2) is 25.9 Å². The third-order valence-corrected chi connectivity index (χ3v) is 3.70. The summed E-state index contributed by atoms with van der Waals surface area (Å²) in [6, 6.07) is 13.7. The monoisotopic (exact) mass is 323 g/mol. The van der Waals surface area contributed by atoms with Crippen molar-refractivity contribution >= 4 is 11.7 Å². The van der Waals surface area contributed by atoms with Crippen LogP contribution in [0.3, 0.4) is 0 Å². The molecule has 2 heterocycles. The second-order valence-corrected chi connectivity index (χ2v) is 5.80. The van der Waals surface area contributed by atoms with Gasteiger partial charge in [0.25, 0.3) is 5.91 Å². The van der Waals surface area contributed by atoms with Crippen molar-refractivity contribution in [2.75, 3.05) is 5.32 Å². The van der Waals surface area contributed by atoms with E-state index in [0.717, 1.165) is 29.8 Å². The minimum atomic E-state index is -0.234. The first-order valence-corrected chi connectivity index (χ1v) is 8.09. The van der Waals surface area contributed by atoms with Gasteiger partial charge in [0.2, 0.25) is 0 Å². The summed E-state index contributed by atoms with van der Waals surface area (Å²) in [5.41, 5.74) is 3.34. The number of aromatic nitrogens is 4. The molecule has 2 aromatic heterocycles. The Labute approximate surface area is 140 Å². The van der Waals surface area contributed by atoms with Crippen molar-refractivity contribution in [2.45, 2.75) is 33.2 Å².